The summed E-state index contributed by atoms with van der Waals surface area (Å²) in [6.07, 6.45) is 2.34. The highest BCUT2D eigenvalue weighted by molar-refractivity contribution is 6.29. The first-order chi connectivity index (χ1) is 20.7. The van der Waals surface area contributed by atoms with Gasteiger partial charge in [0.25, 0.3) is 23.6 Å². The zero-order chi connectivity index (χ0) is 33.8. The normalized spacial score (nSPS) is 15.4. The van der Waals surface area contributed by atoms with Crippen molar-refractivity contribution in [3.05, 3.63) is 71.8 Å². The zero-order valence-electron chi connectivity index (χ0n) is 21.1. The third-order valence-corrected chi connectivity index (χ3v) is 5.77. The molecule has 0 aliphatic carbocycles. The second kappa shape index (κ2) is 10.9. The maximum absolute atomic E-state index is 14.4. The highest BCUT2D eigenvalue weighted by atomic mass is 19.3. The van der Waals surface area contributed by atoms with Gasteiger partial charge < -0.3 is 9.47 Å². The van der Waals surface area contributed by atoms with E-state index in [0.29, 0.717) is 24.3 Å². The fourth-order valence-electron chi connectivity index (χ4n) is 3.67. The fourth-order valence-corrected chi connectivity index (χ4v) is 3.67. The lowest BCUT2D eigenvalue weighted by Gasteiger charge is -2.29. The molecule has 2 heterocycles. The number of esters is 2. The molecular weight excluding hydrogens is 646 g/mol. The van der Waals surface area contributed by atoms with Crippen LogP contribution in [0.15, 0.2) is 48.6 Å². The van der Waals surface area contributed by atoms with Crippen molar-refractivity contribution in [2.45, 2.75) is 17.8 Å². The number of imide groups is 2. The van der Waals surface area contributed by atoms with Gasteiger partial charge in [0.1, 0.15) is 22.9 Å². The van der Waals surface area contributed by atoms with Gasteiger partial charge in [0.2, 0.25) is 0 Å². The van der Waals surface area contributed by atoms with E-state index in [1.807, 2.05) is 0 Å². The quantitative estimate of drug-likeness (QED) is 0.183. The summed E-state index contributed by atoms with van der Waals surface area (Å²) in [7, 11) is 0. The first kappa shape index (κ1) is 32.4. The van der Waals surface area contributed by atoms with Gasteiger partial charge in [0.05, 0.1) is 0 Å². The fraction of sp³-hybridized carbons (Fsp3) is 0.120. The molecule has 0 radical (unpaired) electrons. The summed E-state index contributed by atoms with van der Waals surface area (Å²) < 4.78 is 151. The minimum Gasteiger partial charge on any atom is -0.422 e. The van der Waals surface area contributed by atoms with E-state index in [2.05, 4.69) is 9.47 Å². The third kappa shape index (κ3) is 5.27. The smallest absolute Gasteiger partial charge is 0.411 e. The van der Waals surface area contributed by atoms with Crippen LogP contribution in [0.3, 0.4) is 0 Å². The lowest BCUT2D eigenvalue weighted by Crippen LogP contribution is -2.62. The SMILES string of the molecule is O=C1C=CC(=O)N1c1c(F)cc(OC(=O)C(F)(F)C(F)(F)C(F)(F)C(=O)Oc2cc(F)c(N3C(=O)C=CC3=O)c(F)c2)cc1F. The van der Waals surface area contributed by atoms with Crippen molar-refractivity contribution in [2.24, 2.45) is 0 Å². The topological polar surface area (TPSA) is 127 Å². The van der Waals surface area contributed by atoms with Gasteiger partial charge in [-0.2, -0.15) is 26.3 Å². The molecule has 2 aliphatic rings. The van der Waals surface area contributed by atoms with Gasteiger partial charge in [-0.25, -0.2) is 37.0 Å². The summed E-state index contributed by atoms with van der Waals surface area (Å²) in [4.78, 5) is 70.0. The summed E-state index contributed by atoms with van der Waals surface area (Å²) in [6, 6.07) is -0.603. The Balaban J connectivity index is 1.54. The van der Waals surface area contributed by atoms with E-state index in [4.69, 9.17) is 0 Å². The number of benzene rings is 2. The number of halogens is 10. The molecule has 236 valence electrons. The lowest BCUT2D eigenvalue weighted by molar-refractivity contribution is -0.296. The number of amides is 4. The van der Waals surface area contributed by atoms with Gasteiger partial charge in [0, 0.05) is 48.6 Å². The van der Waals surface area contributed by atoms with Crippen LogP contribution in [0, 0.1) is 23.3 Å². The second-order valence-electron chi connectivity index (χ2n) is 8.66. The Labute approximate surface area is 240 Å². The van der Waals surface area contributed by atoms with Gasteiger partial charge in [-0.1, -0.05) is 0 Å². The molecule has 4 rings (SSSR count). The maximum atomic E-state index is 14.4. The highest BCUT2D eigenvalue weighted by Gasteiger charge is 2.79. The van der Waals surface area contributed by atoms with Gasteiger partial charge in [-0.05, 0) is 0 Å². The number of nitrogens with zero attached hydrogens (tertiary/aromatic N) is 2. The average molecular weight is 654 g/mol. The molecule has 4 amide bonds. The summed E-state index contributed by atoms with van der Waals surface area (Å²) in [5.41, 5.74) is -2.81. The molecule has 0 saturated heterocycles. The summed E-state index contributed by atoms with van der Waals surface area (Å²) in [5, 5.41) is 0. The van der Waals surface area contributed by atoms with Crippen molar-refractivity contribution in [1.29, 1.82) is 0 Å². The highest BCUT2D eigenvalue weighted by Crippen LogP contribution is 2.47. The van der Waals surface area contributed by atoms with E-state index in [0.717, 1.165) is 0 Å². The van der Waals surface area contributed by atoms with E-state index < -0.39 is 99.5 Å². The molecule has 0 atom stereocenters. The van der Waals surface area contributed by atoms with Crippen LogP contribution in [-0.2, 0) is 28.8 Å². The Morgan fingerprint density at radius 3 is 1.00 bits per heavy atom. The minimum absolute atomic E-state index is 0.0842. The number of hydrogen-bond donors (Lipinski definition) is 0. The maximum Gasteiger partial charge on any atom is 0.411 e. The Hall–Kier alpha value is -5.56. The molecule has 2 aliphatic heterocycles. The minimum atomic E-state index is -7.05. The molecular formula is C25H8F10N2O8. The monoisotopic (exact) mass is 654 g/mol. The first-order valence-electron chi connectivity index (χ1n) is 11.4. The summed E-state index contributed by atoms with van der Waals surface area (Å²) >= 11 is 0. The molecule has 20 heteroatoms. The Morgan fingerprint density at radius 2 is 0.756 bits per heavy atom. The molecule has 45 heavy (non-hydrogen) atoms. The molecule has 0 bridgehead atoms. The first-order valence-corrected chi connectivity index (χ1v) is 11.4. The Bertz CT molecular complexity index is 1560. The van der Waals surface area contributed by atoms with Crippen LogP contribution in [0.25, 0.3) is 0 Å². The number of anilines is 2. The number of alkyl halides is 6. The van der Waals surface area contributed by atoms with E-state index in [1.165, 1.54) is 0 Å². The van der Waals surface area contributed by atoms with Crippen LogP contribution < -0.4 is 19.3 Å². The molecule has 0 fully saturated rings. The number of carbonyl (C=O) groups excluding carboxylic acids is 6. The number of rotatable bonds is 8. The van der Waals surface area contributed by atoms with Crippen LogP contribution in [0.1, 0.15) is 0 Å². The average Bonchev–Trinajstić information content (AvgIpc) is 3.43. The van der Waals surface area contributed by atoms with Crippen LogP contribution in [-0.4, -0.2) is 53.3 Å². The van der Waals surface area contributed by atoms with Crippen molar-refractivity contribution in [3.8, 4) is 11.5 Å². The zero-order valence-corrected chi connectivity index (χ0v) is 21.1. The second-order valence-corrected chi connectivity index (χ2v) is 8.66. The van der Waals surface area contributed by atoms with Gasteiger partial charge in [-0.15, -0.1) is 0 Å². The van der Waals surface area contributed by atoms with Crippen molar-refractivity contribution in [1.82, 2.24) is 0 Å². The molecule has 0 spiro atoms. The van der Waals surface area contributed by atoms with Gasteiger partial charge in [0.15, 0.2) is 23.3 Å². The van der Waals surface area contributed by atoms with E-state index in [1.54, 1.807) is 0 Å². The Kier molecular flexibility index (Phi) is 7.81. The summed E-state index contributed by atoms with van der Waals surface area (Å²) in [6.45, 7) is 0. The predicted octanol–water partition coefficient (Wildman–Crippen LogP) is 3.52. The number of hydrogen-bond acceptors (Lipinski definition) is 8. The molecule has 0 aromatic heterocycles. The standard InChI is InChI=1S/C25H8F10N2O8/c26-11-5-9(6-12(27)19(11)36-15(38)1-2-16(36)39)44-21(42)23(30,31)25(34,35)24(32,33)22(43)45-10-7-13(28)20(14(29)8-10)37-17(40)3-4-18(37)41/h1-8H. The third-order valence-electron chi connectivity index (χ3n) is 5.77. The molecule has 2 aromatic carbocycles. The van der Waals surface area contributed by atoms with Crippen LogP contribution >= 0.6 is 0 Å². The largest absolute Gasteiger partial charge is 0.422 e. The molecule has 0 N–H and O–H groups in total. The van der Waals surface area contributed by atoms with Crippen LogP contribution in [0.2, 0.25) is 0 Å². The van der Waals surface area contributed by atoms with Gasteiger partial charge >= 0.3 is 29.7 Å². The lowest BCUT2D eigenvalue weighted by atomic mass is 10.0. The van der Waals surface area contributed by atoms with Crippen molar-refractivity contribution in [2.75, 3.05) is 9.80 Å². The summed E-state index contributed by atoms with van der Waals surface area (Å²) in [5.74, 6) is -43.7. The van der Waals surface area contributed by atoms with Crippen molar-refractivity contribution >= 4 is 46.9 Å². The Morgan fingerprint density at radius 1 is 0.511 bits per heavy atom. The molecule has 2 aromatic rings. The molecule has 0 saturated carbocycles. The van der Waals surface area contributed by atoms with Crippen molar-refractivity contribution in [3.63, 3.8) is 0 Å². The van der Waals surface area contributed by atoms with E-state index >= 15 is 0 Å². The predicted molar refractivity (Wildman–Crippen MR) is 122 cm³/mol. The van der Waals surface area contributed by atoms with Crippen LogP contribution in [0.5, 0.6) is 11.5 Å². The molecule has 10 nitrogen and oxygen atoms in total. The number of carbonyl (C=O) groups is 6. The number of ether oxygens (including phenoxy) is 2. The molecule has 0 unspecified atom stereocenters. The van der Waals surface area contributed by atoms with Gasteiger partial charge in [-0.3, -0.25) is 19.2 Å². The van der Waals surface area contributed by atoms with Crippen molar-refractivity contribution < 1.29 is 82.1 Å². The van der Waals surface area contributed by atoms with Crippen LogP contribution in [0.4, 0.5) is 55.3 Å². The van der Waals surface area contributed by atoms with E-state index in [9.17, 15) is 72.7 Å². The van der Waals surface area contributed by atoms with E-state index in [-0.39, 0.29) is 34.1 Å².